The molecule has 4 amide bonds. The molecule has 1 unspecified atom stereocenters. The van der Waals surface area contributed by atoms with Crippen LogP contribution < -0.4 is 11.1 Å². The quantitative estimate of drug-likeness (QED) is 0.730. The number of hydrogen-bond donors (Lipinski definition) is 2. The van der Waals surface area contributed by atoms with Crippen LogP contribution in [0, 0.1) is 0 Å². The number of carbonyl (C=O) groups excluding carboxylic acids is 4. The van der Waals surface area contributed by atoms with E-state index < -0.39 is 23.8 Å². The molecule has 28 heavy (non-hydrogen) atoms. The average molecular weight is 384 g/mol. The van der Waals surface area contributed by atoms with Gasteiger partial charge in [-0.2, -0.15) is 0 Å². The Labute approximate surface area is 163 Å². The third-order valence-electron chi connectivity index (χ3n) is 5.91. The smallest absolute Gasteiger partial charge is 0.262 e. The fraction of sp³-hybridized carbons (Fsp3) is 0.500. The van der Waals surface area contributed by atoms with Gasteiger partial charge >= 0.3 is 0 Å². The lowest BCUT2D eigenvalue weighted by Crippen LogP contribution is -2.54. The van der Waals surface area contributed by atoms with E-state index in [9.17, 15) is 19.2 Å². The molecule has 2 saturated heterocycles. The molecule has 3 N–H and O–H groups in total. The molecule has 3 heterocycles. The summed E-state index contributed by atoms with van der Waals surface area (Å²) in [5, 5.41) is 2.21. The first-order chi connectivity index (χ1) is 13.2. The molecule has 8 heteroatoms. The van der Waals surface area contributed by atoms with Gasteiger partial charge in [-0.3, -0.25) is 34.3 Å². The largest absolute Gasteiger partial charge is 0.325 e. The van der Waals surface area contributed by atoms with Crippen LogP contribution in [0.1, 0.15) is 58.9 Å². The molecule has 0 aliphatic carbocycles. The highest BCUT2D eigenvalue weighted by Gasteiger charge is 2.44. The molecule has 0 spiro atoms. The summed E-state index contributed by atoms with van der Waals surface area (Å²) in [5.41, 5.74) is 7.64. The number of nitrogens with one attached hydrogen (secondary N) is 1. The Kier molecular flexibility index (Phi) is 4.55. The number of rotatable bonds is 3. The molecular formula is C20H24N4O4. The minimum atomic E-state index is -0.933. The second-order valence-corrected chi connectivity index (χ2v) is 8.26. The molecule has 1 aromatic carbocycles. The monoisotopic (exact) mass is 384 g/mol. The number of nitrogens with two attached hydrogens (primary N) is 1. The molecule has 0 radical (unpaired) electrons. The Bertz CT molecular complexity index is 869. The maximum Gasteiger partial charge on any atom is 0.262 e. The Balaban J connectivity index is 1.51. The number of fused-ring (bicyclic) bond motifs is 1. The van der Waals surface area contributed by atoms with Gasteiger partial charge in [-0.1, -0.05) is 6.07 Å². The van der Waals surface area contributed by atoms with Gasteiger partial charge in [0.1, 0.15) is 6.04 Å². The van der Waals surface area contributed by atoms with Gasteiger partial charge in [0.15, 0.2) is 0 Å². The second-order valence-electron chi connectivity index (χ2n) is 8.26. The summed E-state index contributed by atoms with van der Waals surface area (Å²) < 4.78 is 0. The van der Waals surface area contributed by atoms with Crippen LogP contribution in [0.2, 0.25) is 0 Å². The molecule has 1 aromatic rings. The molecule has 2 fully saturated rings. The Morgan fingerprint density at radius 2 is 1.79 bits per heavy atom. The van der Waals surface area contributed by atoms with E-state index in [1.165, 1.54) is 0 Å². The predicted octanol–water partition coefficient (Wildman–Crippen LogP) is 0.401. The number of nitrogens with zero attached hydrogens (tertiary/aromatic N) is 2. The topological polar surface area (TPSA) is 113 Å². The zero-order chi connectivity index (χ0) is 20.1. The predicted molar refractivity (Wildman–Crippen MR) is 100 cm³/mol. The van der Waals surface area contributed by atoms with E-state index in [1.54, 1.807) is 12.1 Å². The van der Waals surface area contributed by atoms with Crippen molar-refractivity contribution in [2.24, 2.45) is 5.73 Å². The van der Waals surface area contributed by atoms with Crippen molar-refractivity contribution in [3.63, 3.8) is 0 Å². The zero-order valence-electron chi connectivity index (χ0n) is 15.9. The van der Waals surface area contributed by atoms with E-state index in [-0.39, 0.29) is 24.3 Å². The number of amides is 4. The highest BCUT2D eigenvalue weighted by atomic mass is 16.2. The highest BCUT2D eigenvalue weighted by Crippen LogP contribution is 2.29. The van der Waals surface area contributed by atoms with Crippen LogP contribution in [0.25, 0.3) is 0 Å². The van der Waals surface area contributed by atoms with Crippen molar-refractivity contribution in [1.29, 1.82) is 0 Å². The maximum atomic E-state index is 12.9. The first-order valence-corrected chi connectivity index (χ1v) is 9.61. The van der Waals surface area contributed by atoms with Gasteiger partial charge in [-0.15, -0.1) is 0 Å². The van der Waals surface area contributed by atoms with E-state index in [0.29, 0.717) is 17.7 Å². The van der Waals surface area contributed by atoms with E-state index in [4.69, 9.17) is 5.73 Å². The summed E-state index contributed by atoms with van der Waals surface area (Å²) in [4.78, 5) is 52.4. The van der Waals surface area contributed by atoms with Crippen LogP contribution in [0.4, 0.5) is 0 Å². The molecule has 1 atom stereocenters. The fourth-order valence-corrected chi connectivity index (χ4v) is 4.10. The summed E-state index contributed by atoms with van der Waals surface area (Å²) in [7, 11) is 0. The summed E-state index contributed by atoms with van der Waals surface area (Å²) in [5.74, 6) is -1.91. The minimum absolute atomic E-state index is 0.115. The van der Waals surface area contributed by atoms with Gasteiger partial charge in [-0.05, 0) is 43.9 Å². The van der Waals surface area contributed by atoms with E-state index in [0.717, 1.165) is 36.4 Å². The van der Waals surface area contributed by atoms with Gasteiger partial charge in [0.25, 0.3) is 11.8 Å². The summed E-state index contributed by atoms with van der Waals surface area (Å²) in [6, 6.07) is 4.33. The lowest BCUT2D eigenvalue weighted by Gasteiger charge is -2.36. The number of likely N-dealkylation sites (tertiary alicyclic amines) is 1. The van der Waals surface area contributed by atoms with Crippen LogP contribution >= 0.6 is 0 Å². The standard InChI is InChI=1S/C20H24N4O4/c1-20(21)6-8-23(9-7-20)11-12-2-3-13-14(10-12)19(28)24(18(13)27)15-4-5-16(25)22-17(15)26/h2-3,10,15H,4-9,11,21H2,1H3,(H,22,25,26). The van der Waals surface area contributed by atoms with E-state index in [2.05, 4.69) is 17.1 Å². The van der Waals surface area contributed by atoms with Gasteiger partial charge in [0.2, 0.25) is 11.8 Å². The van der Waals surface area contributed by atoms with Crippen LogP contribution in [0.5, 0.6) is 0 Å². The molecule has 3 aliphatic rings. The van der Waals surface area contributed by atoms with Crippen LogP contribution in [0.3, 0.4) is 0 Å². The summed E-state index contributed by atoms with van der Waals surface area (Å²) in [6.45, 7) is 4.52. The van der Waals surface area contributed by atoms with Crippen molar-refractivity contribution < 1.29 is 19.2 Å². The van der Waals surface area contributed by atoms with Crippen molar-refractivity contribution in [3.8, 4) is 0 Å². The molecule has 8 nitrogen and oxygen atoms in total. The van der Waals surface area contributed by atoms with E-state index >= 15 is 0 Å². The Hall–Kier alpha value is -2.58. The molecule has 148 valence electrons. The molecule has 0 bridgehead atoms. The lowest BCUT2D eigenvalue weighted by molar-refractivity contribution is -0.136. The number of hydrogen-bond acceptors (Lipinski definition) is 6. The molecule has 4 rings (SSSR count). The maximum absolute atomic E-state index is 12.9. The number of imide groups is 2. The first-order valence-electron chi connectivity index (χ1n) is 9.61. The lowest BCUT2D eigenvalue weighted by atomic mass is 9.91. The summed E-state index contributed by atoms with van der Waals surface area (Å²) >= 11 is 0. The van der Waals surface area contributed by atoms with Gasteiger partial charge in [0.05, 0.1) is 11.1 Å². The highest BCUT2D eigenvalue weighted by molar-refractivity contribution is 6.23. The third kappa shape index (κ3) is 3.33. The second kappa shape index (κ2) is 6.79. The normalized spacial score (nSPS) is 25.1. The number of carbonyl (C=O) groups is 4. The van der Waals surface area contributed by atoms with Crippen molar-refractivity contribution in [2.45, 2.75) is 50.7 Å². The van der Waals surface area contributed by atoms with Crippen LogP contribution in [-0.2, 0) is 16.1 Å². The SMILES string of the molecule is CC1(N)CCN(Cc2ccc3c(c2)C(=O)N(C2CCC(=O)NC2=O)C3=O)CC1. The Morgan fingerprint density at radius 1 is 1.11 bits per heavy atom. The van der Waals surface area contributed by atoms with Crippen LogP contribution in [-0.4, -0.2) is 58.1 Å². The number of benzene rings is 1. The molecule has 0 aromatic heterocycles. The zero-order valence-corrected chi connectivity index (χ0v) is 15.9. The molecule has 0 saturated carbocycles. The van der Waals surface area contributed by atoms with Crippen molar-refractivity contribution in [1.82, 2.24) is 15.1 Å². The van der Waals surface area contributed by atoms with Gasteiger partial charge < -0.3 is 5.73 Å². The summed E-state index contributed by atoms with van der Waals surface area (Å²) in [6.07, 6.45) is 2.11. The van der Waals surface area contributed by atoms with Gasteiger partial charge in [0, 0.05) is 31.6 Å². The fourth-order valence-electron chi connectivity index (χ4n) is 4.10. The third-order valence-corrected chi connectivity index (χ3v) is 5.91. The first kappa shape index (κ1) is 18.8. The Morgan fingerprint density at radius 3 is 2.46 bits per heavy atom. The van der Waals surface area contributed by atoms with Crippen molar-refractivity contribution >= 4 is 23.6 Å². The van der Waals surface area contributed by atoms with Crippen LogP contribution in [0.15, 0.2) is 18.2 Å². The molecule has 3 aliphatic heterocycles. The van der Waals surface area contributed by atoms with Crippen molar-refractivity contribution in [2.75, 3.05) is 13.1 Å². The van der Waals surface area contributed by atoms with E-state index in [1.807, 2.05) is 6.07 Å². The van der Waals surface area contributed by atoms with Gasteiger partial charge in [-0.25, -0.2) is 0 Å². The molecular weight excluding hydrogens is 360 g/mol. The minimum Gasteiger partial charge on any atom is -0.325 e. The van der Waals surface area contributed by atoms with Crippen molar-refractivity contribution in [3.05, 3.63) is 34.9 Å². The number of piperidine rings is 2. The average Bonchev–Trinajstić information content (AvgIpc) is 2.88.